The van der Waals surface area contributed by atoms with E-state index < -0.39 is 76.0 Å². The Balaban J connectivity index is 1.28. The Morgan fingerprint density at radius 3 is 1.85 bits per heavy atom. The fourth-order valence-electron chi connectivity index (χ4n) is 8.08. The van der Waals surface area contributed by atoms with Crippen LogP contribution in [0.2, 0.25) is 18.1 Å². The lowest BCUT2D eigenvalue weighted by molar-refractivity contribution is -0.384. The van der Waals surface area contributed by atoms with E-state index >= 15 is 0 Å². The van der Waals surface area contributed by atoms with Gasteiger partial charge in [0, 0.05) is 17.1 Å². The molecule has 350 valence electrons. The van der Waals surface area contributed by atoms with Gasteiger partial charge in [0.2, 0.25) is 0 Å². The second-order valence-electron chi connectivity index (χ2n) is 18.5. The van der Waals surface area contributed by atoms with Crippen molar-refractivity contribution in [3.63, 3.8) is 0 Å². The van der Waals surface area contributed by atoms with Crippen LogP contribution in [0.3, 0.4) is 0 Å². The maximum atomic E-state index is 10.1. The first-order valence-electron chi connectivity index (χ1n) is 23.1. The second-order valence-corrected chi connectivity index (χ2v) is 23.3. The number of nitrogens with zero attached hydrogens (tertiary/aromatic N) is 3. The Hall–Kier alpha value is -3.99. The number of hydrogen-bond acceptors (Lipinski definition) is 11. The molecule has 0 saturated carbocycles. The summed E-state index contributed by atoms with van der Waals surface area (Å²) in [6, 6.07) is 38.8. The number of hydrogen-bond donors (Lipinski definition) is 0. The van der Waals surface area contributed by atoms with Gasteiger partial charge in [0.25, 0.3) is 0 Å². The second kappa shape index (κ2) is 23.6. The minimum Gasteiger partial charge on any atom is -0.406 e. The summed E-state index contributed by atoms with van der Waals surface area (Å²) < 4.78 is 68.6. The van der Waals surface area contributed by atoms with Crippen LogP contribution >= 0.6 is 0 Å². The van der Waals surface area contributed by atoms with Gasteiger partial charge in [0.05, 0.1) is 33.0 Å². The Kier molecular flexibility index (Phi) is 17.8. The van der Waals surface area contributed by atoms with Crippen LogP contribution in [0, 0.1) is 0 Å². The molecule has 3 fully saturated rings. The normalized spacial score (nSPS) is 28.2. The van der Waals surface area contributed by atoms with Crippen molar-refractivity contribution in [3.05, 3.63) is 154 Å². The van der Waals surface area contributed by atoms with E-state index in [9.17, 15) is 5.53 Å². The van der Waals surface area contributed by atoms with E-state index in [0.29, 0.717) is 19.8 Å². The molecule has 0 radical (unpaired) electrons. The van der Waals surface area contributed by atoms with Crippen LogP contribution < -0.4 is 0 Å². The first kappa shape index (κ1) is 48.9. The van der Waals surface area contributed by atoms with Gasteiger partial charge < -0.3 is 47.1 Å². The Morgan fingerprint density at radius 1 is 0.677 bits per heavy atom. The smallest absolute Gasteiger partial charge is 0.192 e. The summed E-state index contributed by atoms with van der Waals surface area (Å²) in [5, 5.41) is 4.11. The summed E-state index contributed by atoms with van der Waals surface area (Å²) in [5.74, 6) is 0. The molecule has 4 aromatic rings. The summed E-state index contributed by atoms with van der Waals surface area (Å²) in [4.78, 5) is 3.30. The molecule has 3 heterocycles. The maximum Gasteiger partial charge on any atom is 0.192 e. The summed E-state index contributed by atoms with van der Waals surface area (Å²) in [6.07, 6.45) is -5.05. The molecule has 0 bridgehead atoms. The Morgan fingerprint density at radius 2 is 1.26 bits per heavy atom. The van der Waals surface area contributed by atoms with E-state index in [0.717, 1.165) is 41.5 Å². The van der Waals surface area contributed by atoms with Crippen LogP contribution in [0.4, 0.5) is 0 Å². The van der Waals surface area contributed by atoms with Crippen molar-refractivity contribution < 1.29 is 47.1 Å². The quantitative estimate of drug-likeness (QED) is 0.0261. The summed E-state index contributed by atoms with van der Waals surface area (Å²) in [7, 11) is -2.60. The molecule has 0 amide bonds. The van der Waals surface area contributed by atoms with Crippen molar-refractivity contribution in [1.82, 2.24) is 0 Å². The number of fused-ring (bicyclic) bond motifs is 1. The fourth-order valence-corrected chi connectivity index (χ4v) is 9.36. The van der Waals surface area contributed by atoms with Crippen LogP contribution in [-0.4, -0.2) is 89.5 Å². The van der Waals surface area contributed by atoms with E-state index in [1.54, 1.807) is 0 Å². The molecule has 3 saturated heterocycles. The molecular formula is C51H67N3O10Si. The molecule has 11 atom stereocenters. The third-order valence-electron chi connectivity index (χ3n) is 12.7. The molecule has 13 nitrogen and oxygen atoms in total. The van der Waals surface area contributed by atoms with Crippen molar-refractivity contribution >= 4 is 8.32 Å². The van der Waals surface area contributed by atoms with Crippen LogP contribution in [0.15, 0.2) is 126 Å². The van der Waals surface area contributed by atoms with E-state index in [-0.39, 0.29) is 24.9 Å². The van der Waals surface area contributed by atoms with Crippen LogP contribution in [0.1, 0.15) is 75.5 Å². The average Bonchev–Trinajstić information content (AvgIpc) is 3.31. The predicted octanol–water partition coefficient (Wildman–Crippen LogP) is 10.6. The van der Waals surface area contributed by atoms with Crippen LogP contribution in [-0.2, 0) is 66.9 Å². The van der Waals surface area contributed by atoms with Crippen molar-refractivity contribution in [2.24, 2.45) is 5.11 Å². The zero-order valence-corrected chi connectivity index (χ0v) is 39.7. The number of benzene rings is 4. The third-order valence-corrected chi connectivity index (χ3v) is 17.2. The summed E-state index contributed by atoms with van der Waals surface area (Å²) in [6.45, 7) is 14.7. The van der Waals surface area contributed by atoms with E-state index in [4.69, 9.17) is 47.1 Å². The van der Waals surface area contributed by atoms with Gasteiger partial charge in [-0.3, -0.25) is 0 Å². The van der Waals surface area contributed by atoms with Gasteiger partial charge >= 0.3 is 0 Å². The monoisotopic (exact) mass is 909 g/mol. The molecule has 0 N–H and O–H groups in total. The zero-order valence-electron chi connectivity index (χ0n) is 38.7. The molecule has 3 aliphatic heterocycles. The van der Waals surface area contributed by atoms with Crippen molar-refractivity contribution in [1.29, 1.82) is 0 Å². The highest BCUT2D eigenvalue weighted by atomic mass is 28.4. The van der Waals surface area contributed by atoms with Gasteiger partial charge in [-0.05, 0) is 46.8 Å². The van der Waals surface area contributed by atoms with Crippen molar-refractivity contribution in [3.8, 4) is 0 Å². The molecule has 0 aromatic heterocycles. The molecule has 7 rings (SSSR count). The number of ether oxygens (including phenoxy) is 9. The molecular weight excluding hydrogens is 843 g/mol. The lowest BCUT2D eigenvalue weighted by atomic mass is 9.95. The zero-order chi connectivity index (χ0) is 45.7. The number of rotatable bonds is 21. The predicted molar refractivity (Wildman–Crippen MR) is 249 cm³/mol. The topological polar surface area (TPSA) is 141 Å². The van der Waals surface area contributed by atoms with Crippen LogP contribution in [0.25, 0.3) is 10.4 Å². The van der Waals surface area contributed by atoms with E-state index in [1.165, 1.54) is 0 Å². The van der Waals surface area contributed by atoms with Crippen LogP contribution in [0.5, 0.6) is 0 Å². The highest BCUT2D eigenvalue weighted by Crippen LogP contribution is 2.44. The van der Waals surface area contributed by atoms with Gasteiger partial charge in [-0.25, -0.2) is 0 Å². The average molecular weight is 910 g/mol. The molecule has 65 heavy (non-hydrogen) atoms. The SMILES string of the molecule is CCCCCO[C@@H]1O[C@H](COCc2ccccc2)[C@@H](O[C@@H]2O[C@@H]3CO[C@@H](c4ccccc4)O[C@H]3[C@H](OCc3ccccc3)[C@@H]2O[Si](C)(C)C(C)(C)C)[C@H](OCc2ccccc2)[C@H]1N=[N+]=[N-]. The van der Waals surface area contributed by atoms with Gasteiger partial charge in [0.1, 0.15) is 48.8 Å². The minimum atomic E-state index is -2.60. The van der Waals surface area contributed by atoms with Gasteiger partial charge in [-0.2, -0.15) is 0 Å². The minimum absolute atomic E-state index is 0.105. The fraction of sp³-hybridized carbons (Fsp3) is 0.529. The highest BCUT2D eigenvalue weighted by Gasteiger charge is 2.57. The standard InChI is InChI=1S/C51H67N3O10Si/c1-7-8-21-30-56-49-42(53-54-52)45(57-32-37-24-15-10-16-25-37)43(40(60-49)34-55-31-36-22-13-9-14-23-36)63-50-47(64-65(5,6)51(2,3)4)46(58-33-38-26-17-11-18-27-38)44-41(61-50)35-59-48(62-44)39-28-19-12-20-29-39/h9-20,22-29,40-50H,7-8,21,30-35H2,1-6H3/t40-,41-,42-,43-,44-,45-,46+,47+,48-,49-,50+/m1/s1. The third kappa shape index (κ3) is 13.1. The first-order chi connectivity index (χ1) is 31.5. The Bertz CT molecular complexity index is 2040. The maximum absolute atomic E-state index is 10.1. The van der Waals surface area contributed by atoms with Gasteiger partial charge in [0.15, 0.2) is 27.2 Å². The van der Waals surface area contributed by atoms with E-state index in [1.807, 2.05) is 121 Å². The van der Waals surface area contributed by atoms with Crippen molar-refractivity contribution in [2.75, 3.05) is 19.8 Å². The van der Waals surface area contributed by atoms with E-state index in [2.05, 4.69) is 50.8 Å². The van der Waals surface area contributed by atoms with Crippen molar-refractivity contribution in [2.45, 2.75) is 153 Å². The summed E-state index contributed by atoms with van der Waals surface area (Å²) >= 11 is 0. The van der Waals surface area contributed by atoms with Gasteiger partial charge in [-0.1, -0.05) is 167 Å². The lowest BCUT2D eigenvalue weighted by Gasteiger charge is -2.53. The Labute approximate surface area is 385 Å². The summed E-state index contributed by atoms with van der Waals surface area (Å²) in [5.41, 5.74) is 13.9. The largest absolute Gasteiger partial charge is 0.406 e. The molecule has 4 aromatic carbocycles. The number of azide groups is 1. The molecule has 0 spiro atoms. The van der Waals surface area contributed by atoms with Gasteiger partial charge in [-0.15, -0.1) is 0 Å². The first-order valence-corrected chi connectivity index (χ1v) is 26.0. The number of unbranched alkanes of at least 4 members (excludes halogenated alkanes) is 2. The lowest BCUT2D eigenvalue weighted by Crippen LogP contribution is -2.68. The molecule has 3 aliphatic rings. The highest BCUT2D eigenvalue weighted by molar-refractivity contribution is 6.74. The molecule has 14 heteroatoms. The molecule has 0 aliphatic carbocycles. The molecule has 0 unspecified atom stereocenters.